The summed E-state index contributed by atoms with van der Waals surface area (Å²) < 4.78 is 0. The van der Waals surface area contributed by atoms with E-state index in [1.807, 2.05) is 6.92 Å². The lowest BCUT2D eigenvalue weighted by Crippen LogP contribution is -2.27. The molecule has 7 heteroatoms. The molecule has 110 valence electrons. The van der Waals surface area contributed by atoms with Gasteiger partial charge in [0.2, 0.25) is 5.82 Å². The minimum atomic E-state index is -0.973. The lowest BCUT2D eigenvalue weighted by atomic mass is 10.1. The Morgan fingerprint density at radius 3 is 2.48 bits per heavy atom. The molecule has 1 heterocycles. The zero-order chi connectivity index (χ0) is 15.4. The number of carboxylic acid groups (broad SMARTS) is 1. The Kier molecular flexibility index (Phi) is 4.32. The second kappa shape index (κ2) is 6.17. The Morgan fingerprint density at radius 2 is 1.95 bits per heavy atom. The van der Waals surface area contributed by atoms with Crippen LogP contribution in [0.25, 0.3) is 0 Å². The predicted octanol–water partition coefficient (Wildman–Crippen LogP) is 1.34. The molecule has 21 heavy (non-hydrogen) atoms. The fourth-order valence-corrected chi connectivity index (χ4v) is 1.82. The molecule has 0 spiro atoms. The number of rotatable bonds is 5. The van der Waals surface area contributed by atoms with Gasteiger partial charge in [-0.05, 0) is 17.7 Å². The van der Waals surface area contributed by atoms with Crippen LogP contribution in [-0.4, -0.2) is 44.1 Å². The highest BCUT2D eigenvalue weighted by molar-refractivity contribution is 5.90. The molecule has 0 aliphatic heterocycles. The number of aromatic nitrogens is 3. The highest BCUT2D eigenvalue weighted by Gasteiger charge is 2.17. The number of carboxylic acids is 1. The average molecular weight is 288 g/mol. The van der Waals surface area contributed by atoms with Gasteiger partial charge in [0.1, 0.15) is 5.82 Å². The summed E-state index contributed by atoms with van der Waals surface area (Å²) >= 11 is 0. The fraction of sp³-hybridized carbons (Fsp3) is 0.286. The predicted molar refractivity (Wildman–Crippen MR) is 75.0 cm³/mol. The van der Waals surface area contributed by atoms with E-state index in [1.54, 1.807) is 19.2 Å². The van der Waals surface area contributed by atoms with Crippen molar-refractivity contribution in [2.45, 2.75) is 19.9 Å². The minimum absolute atomic E-state index is 0.136. The van der Waals surface area contributed by atoms with E-state index in [9.17, 15) is 9.59 Å². The highest BCUT2D eigenvalue weighted by Crippen LogP contribution is 2.08. The van der Waals surface area contributed by atoms with E-state index in [-0.39, 0.29) is 17.3 Å². The van der Waals surface area contributed by atoms with Crippen LogP contribution in [0.4, 0.5) is 0 Å². The normalized spacial score (nSPS) is 10.4. The molecular weight excluding hydrogens is 272 g/mol. The summed E-state index contributed by atoms with van der Waals surface area (Å²) in [6.45, 7) is 2.28. The van der Waals surface area contributed by atoms with Crippen LogP contribution in [0.3, 0.4) is 0 Å². The zero-order valence-corrected chi connectivity index (χ0v) is 11.8. The molecule has 0 saturated carbocycles. The third-order valence-electron chi connectivity index (χ3n) is 3.03. The summed E-state index contributed by atoms with van der Waals surface area (Å²) in [7, 11) is 1.65. The molecular formula is C14H16N4O3. The van der Waals surface area contributed by atoms with Crippen LogP contribution >= 0.6 is 0 Å². The van der Waals surface area contributed by atoms with E-state index in [0.29, 0.717) is 18.8 Å². The molecule has 2 N–H and O–H groups in total. The van der Waals surface area contributed by atoms with Crippen LogP contribution in [0.1, 0.15) is 39.3 Å². The van der Waals surface area contributed by atoms with Crippen molar-refractivity contribution in [2.75, 3.05) is 7.05 Å². The van der Waals surface area contributed by atoms with Crippen LogP contribution in [0, 0.1) is 0 Å². The van der Waals surface area contributed by atoms with E-state index >= 15 is 0 Å². The standard InChI is InChI=1S/C14H16N4O3/c1-3-11-15-12(17-16-11)13(19)18(2)8-9-4-6-10(7-5-9)14(20)21/h4-7H,3,8H2,1-2H3,(H,20,21)(H,15,16,17). The van der Waals surface area contributed by atoms with Gasteiger partial charge in [0.15, 0.2) is 0 Å². The van der Waals surface area contributed by atoms with Crippen molar-refractivity contribution in [3.05, 3.63) is 47.0 Å². The number of H-pyrrole nitrogens is 1. The van der Waals surface area contributed by atoms with Crippen molar-refractivity contribution in [2.24, 2.45) is 0 Å². The molecule has 1 amide bonds. The third kappa shape index (κ3) is 3.44. The molecule has 0 fully saturated rings. The largest absolute Gasteiger partial charge is 0.478 e. The number of carbonyl (C=O) groups is 2. The first kappa shape index (κ1) is 14.7. The molecule has 0 saturated heterocycles. The van der Waals surface area contributed by atoms with Crippen LogP contribution in [0.5, 0.6) is 0 Å². The van der Waals surface area contributed by atoms with Crippen molar-refractivity contribution in [1.29, 1.82) is 0 Å². The van der Waals surface area contributed by atoms with Crippen molar-refractivity contribution >= 4 is 11.9 Å². The van der Waals surface area contributed by atoms with Crippen molar-refractivity contribution in [3.63, 3.8) is 0 Å². The number of nitrogens with one attached hydrogen (secondary N) is 1. The van der Waals surface area contributed by atoms with Crippen LogP contribution in [0.15, 0.2) is 24.3 Å². The molecule has 7 nitrogen and oxygen atoms in total. The van der Waals surface area contributed by atoms with Gasteiger partial charge < -0.3 is 10.0 Å². The number of aryl methyl sites for hydroxylation is 1. The van der Waals surface area contributed by atoms with Crippen molar-refractivity contribution in [3.8, 4) is 0 Å². The quantitative estimate of drug-likeness (QED) is 0.865. The fourth-order valence-electron chi connectivity index (χ4n) is 1.82. The van der Waals surface area contributed by atoms with Gasteiger partial charge in [0.25, 0.3) is 5.91 Å². The molecule has 0 aliphatic carbocycles. The second-order valence-corrected chi connectivity index (χ2v) is 4.62. The molecule has 1 aromatic heterocycles. The summed E-state index contributed by atoms with van der Waals surface area (Å²) in [5, 5.41) is 15.4. The lowest BCUT2D eigenvalue weighted by molar-refractivity contribution is 0.0695. The second-order valence-electron chi connectivity index (χ2n) is 4.62. The summed E-state index contributed by atoms with van der Waals surface area (Å²) in [4.78, 5) is 28.5. The molecule has 2 aromatic rings. The Morgan fingerprint density at radius 1 is 1.29 bits per heavy atom. The number of benzene rings is 1. The topological polar surface area (TPSA) is 99.2 Å². The Hall–Kier alpha value is -2.70. The molecule has 0 unspecified atom stereocenters. The monoisotopic (exact) mass is 288 g/mol. The Bertz CT molecular complexity index is 648. The molecule has 1 aromatic carbocycles. The van der Waals surface area contributed by atoms with E-state index in [1.165, 1.54) is 17.0 Å². The number of hydrogen-bond donors (Lipinski definition) is 2. The van der Waals surface area contributed by atoms with Gasteiger partial charge in [0.05, 0.1) is 5.56 Å². The number of carbonyl (C=O) groups excluding carboxylic acids is 1. The van der Waals surface area contributed by atoms with Crippen LogP contribution in [-0.2, 0) is 13.0 Å². The first-order valence-electron chi connectivity index (χ1n) is 6.50. The minimum Gasteiger partial charge on any atom is -0.478 e. The summed E-state index contributed by atoms with van der Waals surface area (Å²) in [5.74, 6) is -0.457. The van der Waals surface area contributed by atoms with Crippen molar-refractivity contribution < 1.29 is 14.7 Å². The summed E-state index contributed by atoms with van der Waals surface area (Å²) in [6, 6.07) is 6.39. The van der Waals surface area contributed by atoms with E-state index in [2.05, 4.69) is 15.2 Å². The third-order valence-corrected chi connectivity index (χ3v) is 3.03. The number of aromatic amines is 1. The highest BCUT2D eigenvalue weighted by atomic mass is 16.4. The van der Waals surface area contributed by atoms with Gasteiger partial charge in [-0.25, -0.2) is 9.78 Å². The summed E-state index contributed by atoms with van der Waals surface area (Å²) in [5.41, 5.74) is 1.05. The lowest BCUT2D eigenvalue weighted by Gasteiger charge is -2.15. The average Bonchev–Trinajstić information content (AvgIpc) is 2.95. The molecule has 0 bridgehead atoms. The maximum Gasteiger partial charge on any atom is 0.335 e. The first-order chi connectivity index (χ1) is 10.0. The molecule has 0 radical (unpaired) electrons. The van der Waals surface area contributed by atoms with Gasteiger partial charge >= 0.3 is 5.97 Å². The summed E-state index contributed by atoms with van der Waals surface area (Å²) in [6.07, 6.45) is 0.681. The molecule has 0 aliphatic rings. The van der Waals surface area contributed by atoms with Crippen molar-refractivity contribution in [1.82, 2.24) is 20.1 Å². The maximum atomic E-state index is 12.1. The smallest absolute Gasteiger partial charge is 0.335 e. The number of nitrogens with zero attached hydrogens (tertiary/aromatic N) is 3. The van der Waals surface area contributed by atoms with Crippen LogP contribution < -0.4 is 0 Å². The van der Waals surface area contributed by atoms with Crippen LogP contribution in [0.2, 0.25) is 0 Å². The van der Waals surface area contributed by atoms with E-state index in [0.717, 1.165) is 5.56 Å². The number of aromatic carboxylic acids is 1. The van der Waals surface area contributed by atoms with Gasteiger partial charge in [0, 0.05) is 20.0 Å². The van der Waals surface area contributed by atoms with Gasteiger partial charge in [-0.3, -0.25) is 9.89 Å². The van der Waals surface area contributed by atoms with Gasteiger partial charge in [-0.15, -0.1) is 5.10 Å². The molecule has 0 atom stereocenters. The first-order valence-corrected chi connectivity index (χ1v) is 6.50. The maximum absolute atomic E-state index is 12.1. The van der Waals surface area contributed by atoms with E-state index < -0.39 is 5.97 Å². The SMILES string of the molecule is CCc1nc(C(=O)N(C)Cc2ccc(C(=O)O)cc2)n[nH]1. The Labute approximate surface area is 121 Å². The Balaban J connectivity index is 2.04. The van der Waals surface area contributed by atoms with Gasteiger partial charge in [-0.2, -0.15) is 0 Å². The number of amides is 1. The molecule has 2 rings (SSSR count). The van der Waals surface area contributed by atoms with E-state index in [4.69, 9.17) is 5.11 Å². The van der Waals surface area contributed by atoms with Gasteiger partial charge in [-0.1, -0.05) is 19.1 Å². The number of hydrogen-bond acceptors (Lipinski definition) is 4. The zero-order valence-electron chi connectivity index (χ0n) is 11.8.